The first kappa shape index (κ1) is 23.5. The zero-order valence-corrected chi connectivity index (χ0v) is 18.2. The number of esters is 2. The van der Waals surface area contributed by atoms with Crippen LogP contribution in [0, 0.1) is 0 Å². The lowest BCUT2D eigenvalue weighted by Gasteiger charge is -2.18. The number of ether oxygens (including phenoxy) is 3. The summed E-state index contributed by atoms with van der Waals surface area (Å²) in [6.07, 6.45) is -0.458. The maximum Gasteiger partial charge on any atom is 0.408 e. The Hall–Kier alpha value is -4.13. The van der Waals surface area contributed by atoms with Crippen molar-refractivity contribution in [2.75, 3.05) is 7.11 Å². The van der Waals surface area contributed by atoms with Gasteiger partial charge in [0.05, 0.1) is 12.7 Å². The van der Waals surface area contributed by atoms with E-state index in [-0.39, 0.29) is 19.6 Å². The summed E-state index contributed by atoms with van der Waals surface area (Å²) < 4.78 is 15.4. The molecule has 0 aromatic heterocycles. The molecular formula is C26H25NO6. The van der Waals surface area contributed by atoms with Gasteiger partial charge in [0.2, 0.25) is 0 Å². The smallest absolute Gasteiger partial charge is 0.408 e. The molecule has 0 fully saturated rings. The molecule has 0 heterocycles. The number of methoxy groups -OCH3 is 1. The number of carbonyl (C=O) groups is 3. The third kappa shape index (κ3) is 7.50. The first-order chi connectivity index (χ1) is 16.0. The van der Waals surface area contributed by atoms with Crippen LogP contribution in [0.1, 0.15) is 27.0 Å². The van der Waals surface area contributed by atoms with Gasteiger partial charge in [0.25, 0.3) is 0 Å². The summed E-state index contributed by atoms with van der Waals surface area (Å²) in [7, 11) is 1.31. The Morgan fingerprint density at radius 2 is 1.27 bits per heavy atom. The second-order valence-electron chi connectivity index (χ2n) is 7.24. The number of hydrogen-bond donors (Lipinski definition) is 1. The molecular weight excluding hydrogens is 422 g/mol. The van der Waals surface area contributed by atoms with E-state index in [1.807, 2.05) is 60.7 Å². The molecule has 0 bridgehead atoms. The molecule has 3 aromatic rings. The van der Waals surface area contributed by atoms with Gasteiger partial charge in [-0.1, -0.05) is 72.8 Å². The van der Waals surface area contributed by atoms with Crippen LogP contribution in [0.4, 0.5) is 4.79 Å². The number of nitrogens with one attached hydrogen (secondary N) is 1. The van der Waals surface area contributed by atoms with Gasteiger partial charge in [0, 0.05) is 6.42 Å². The number of benzene rings is 3. The van der Waals surface area contributed by atoms with E-state index in [1.54, 1.807) is 24.3 Å². The van der Waals surface area contributed by atoms with Gasteiger partial charge in [-0.2, -0.15) is 0 Å². The van der Waals surface area contributed by atoms with Crippen LogP contribution in [0.15, 0.2) is 84.9 Å². The number of alkyl carbamates (subject to hydrolysis) is 1. The standard InChI is InChI=1S/C26H25NO6/c1-31-24(28)22-14-12-21(13-15-22)17-32-25(29)23(16-19-8-4-2-5-9-19)27-26(30)33-18-20-10-6-3-7-11-20/h2-15,23H,16-18H2,1H3,(H,27,30)/t23-/m1/s1. The van der Waals surface area contributed by atoms with Gasteiger partial charge >= 0.3 is 18.0 Å². The van der Waals surface area contributed by atoms with Gasteiger partial charge in [-0.3, -0.25) is 0 Å². The van der Waals surface area contributed by atoms with Crippen LogP contribution in [-0.2, 0) is 38.6 Å². The Kier molecular flexibility index (Phi) is 8.59. The molecule has 7 heteroatoms. The predicted octanol–water partition coefficient (Wildman–Crippen LogP) is 4.05. The monoisotopic (exact) mass is 447 g/mol. The summed E-state index contributed by atoms with van der Waals surface area (Å²) in [5.41, 5.74) is 2.80. The summed E-state index contributed by atoms with van der Waals surface area (Å²) in [6, 6.07) is 24.2. The van der Waals surface area contributed by atoms with E-state index >= 15 is 0 Å². The minimum absolute atomic E-state index is 0.00762. The third-order valence-electron chi connectivity index (χ3n) is 4.83. The van der Waals surface area contributed by atoms with Crippen molar-refractivity contribution in [3.8, 4) is 0 Å². The average Bonchev–Trinajstić information content (AvgIpc) is 2.86. The highest BCUT2D eigenvalue weighted by molar-refractivity contribution is 5.89. The molecule has 0 aliphatic heterocycles. The van der Waals surface area contributed by atoms with Gasteiger partial charge in [-0.05, 0) is 28.8 Å². The SMILES string of the molecule is COC(=O)c1ccc(COC(=O)[C@@H](Cc2ccccc2)NC(=O)OCc2ccccc2)cc1. The zero-order valence-electron chi connectivity index (χ0n) is 18.2. The molecule has 7 nitrogen and oxygen atoms in total. The van der Waals surface area contributed by atoms with Crippen molar-refractivity contribution in [2.45, 2.75) is 25.7 Å². The van der Waals surface area contributed by atoms with E-state index in [2.05, 4.69) is 10.1 Å². The van der Waals surface area contributed by atoms with Crippen molar-refractivity contribution in [2.24, 2.45) is 0 Å². The highest BCUT2D eigenvalue weighted by Crippen LogP contribution is 2.10. The second-order valence-corrected chi connectivity index (χ2v) is 7.24. The Bertz CT molecular complexity index is 1050. The van der Waals surface area contributed by atoms with Crippen molar-refractivity contribution in [3.63, 3.8) is 0 Å². The van der Waals surface area contributed by atoms with Gasteiger partial charge in [-0.25, -0.2) is 14.4 Å². The lowest BCUT2D eigenvalue weighted by molar-refractivity contribution is -0.147. The van der Waals surface area contributed by atoms with Crippen LogP contribution in [0.25, 0.3) is 0 Å². The van der Waals surface area contributed by atoms with Crippen molar-refractivity contribution in [1.29, 1.82) is 0 Å². The molecule has 170 valence electrons. The molecule has 3 aromatic carbocycles. The lowest BCUT2D eigenvalue weighted by atomic mass is 10.1. The van der Waals surface area contributed by atoms with Crippen LogP contribution in [-0.4, -0.2) is 31.2 Å². The van der Waals surface area contributed by atoms with Crippen LogP contribution in [0.3, 0.4) is 0 Å². The predicted molar refractivity (Wildman–Crippen MR) is 121 cm³/mol. The Balaban J connectivity index is 1.60. The summed E-state index contributed by atoms with van der Waals surface area (Å²) in [5, 5.41) is 2.61. The highest BCUT2D eigenvalue weighted by Gasteiger charge is 2.24. The Morgan fingerprint density at radius 3 is 1.88 bits per heavy atom. The van der Waals surface area contributed by atoms with Crippen LogP contribution >= 0.6 is 0 Å². The zero-order chi connectivity index (χ0) is 23.5. The molecule has 33 heavy (non-hydrogen) atoms. The molecule has 0 spiro atoms. The first-order valence-corrected chi connectivity index (χ1v) is 10.4. The van der Waals surface area contributed by atoms with E-state index in [1.165, 1.54) is 7.11 Å². The molecule has 0 unspecified atom stereocenters. The largest absolute Gasteiger partial charge is 0.465 e. The fraction of sp³-hybridized carbons (Fsp3) is 0.192. The fourth-order valence-electron chi connectivity index (χ4n) is 3.06. The van der Waals surface area contributed by atoms with Crippen molar-refractivity contribution in [1.82, 2.24) is 5.32 Å². The second kappa shape index (κ2) is 12.0. The Labute approximate surface area is 192 Å². The van der Waals surface area contributed by atoms with Gasteiger partial charge in [0.15, 0.2) is 0 Å². The molecule has 1 N–H and O–H groups in total. The van der Waals surface area contributed by atoms with E-state index < -0.39 is 24.1 Å². The van der Waals surface area contributed by atoms with Crippen LogP contribution < -0.4 is 5.32 Å². The molecule has 1 atom stereocenters. The fourth-order valence-corrected chi connectivity index (χ4v) is 3.06. The quantitative estimate of drug-likeness (QED) is 0.393. The van der Waals surface area contributed by atoms with Crippen LogP contribution in [0.2, 0.25) is 0 Å². The van der Waals surface area contributed by atoms with Crippen molar-refractivity contribution >= 4 is 18.0 Å². The van der Waals surface area contributed by atoms with E-state index in [4.69, 9.17) is 9.47 Å². The minimum atomic E-state index is -0.926. The third-order valence-corrected chi connectivity index (χ3v) is 4.83. The number of hydrogen-bond acceptors (Lipinski definition) is 6. The Morgan fingerprint density at radius 1 is 0.727 bits per heavy atom. The average molecular weight is 447 g/mol. The molecule has 0 saturated heterocycles. The van der Waals surface area contributed by atoms with Gasteiger partial charge < -0.3 is 19.5 Å². The number of carbonyl (C=O) groups excluding carboxylic acids is 3. The topological polar surface area (TPSA) is 90.9 Å². The molecule has 0 aliphatic carbocycles. The van der Waals surface area contributed by atoms with Crippen molar-refractivity contribution in [3.05, 3.63) is 107 Å². The minimum Gasteiger partial charge on any atom is -0.465 e. The summed E-state index contributed by atoms with van der Waals surface area (Å²) >= 11 is 0. The summed E-state index contributed by atoms with van der Waals surface area (Å²) in [6.45, 7) is 0.0820. The van der Waals surface area contributed by atoms with E-state index in [9.17, 15) is 14.4 Å². The normalized spacial score (nSPS) is 11.2. The number of amides is 1. The maximum atomic E-state index is 12.8. The molecule has 1 amide bonds. The summed E-state index contributed by atoms with van der Waals surface area (Å²) in [4.78, 5) is 36.7. The first-order valence-electron chi connectivity index (χ1n) is 10.4. The van der Waals surface area contributed by atoms with Crippen molar-refractivity contribution < 1.29 is 28.6 Å². The summed E-state index contributed by atoms with van der Waals surface area (Å²) in [5.74, 6) is -1.03. The van der Waals surface area contributed by atoms with E-state index in [0.717, 1.165) is 11.1 Å². The molecule has 0 saturated carbocycles. The lowest BCUT2D eigenvalue weighted by Crippen LogP contribution is -2.43. The van der Waals surface area contributed by atoms with Gasteiger partial charge in [0.1, 0.15) is 19.3 Å². The van der Waals surface area contributed by atoms with Gasteiger partial charge in [-0.15, -0.1) is 0 Å². The van der Waals surface area contributed by atoms with Crippen LogP contribution in [0.5, 0.6) is 0 Å². The highest BCUT2D eigenvalue weighted by atomic mass is 16.6. The molecule has 0 aliphatic rings. The maximum absolute atomic E-state index is 12.8. The van der Waals surface area contributed by atoms with E-state index in [0.29, 0.717) is 11.1 Å². The molecule has 3 rings (SSSR count). The molecule has 0 radical (unpaired) electrons. The number of rotatable bonds is 9.